The third-order valence-electron chi connectivity index (χ3n) is 7.41. The number of piperazine rings is 1. The number of rotatable bonds is 4. The fourth-order valence-electron chi connectivity index (χ4n) is 5.46. The molecule has 3 heterocycles. The van der Waals surface area contributed by atoms with E-state index in [9.17, 15) is 18.0 Å². The van der Waals surface area contributed by atoms with Gasteiger partial charge >= 0.3 is 5.97 Å². The highest BCUT2D eigenvalue weighted by molar-refractivity contribution is 7.89. The number of benzene rings is 1. The Balaban J connectivity index is 1.27. The molecule has 0 radical (unpaired) electrons. The van der Waals surface area contributed by atoms with Crippen molar-refractivity contribution >= 4 is 39.2 Å². The third-order valence-corrected chi connectivity index (χ3v) is 9.61. The van der Waals surface area contributed by atoms with E-state index in [4.69, 9.17) is 16.3 Å². The highest BCUT2D eigenvalue weighted by Crippen LogP contribution is 2.46. The monoisotopic (exact) mass is 505 g/mol. The number of ether oxygens (including phenoxy) is 1. The van der Waals surface area contributed by atoms with Crippen molar-refractivity contribution in [3.05, 3.63) is 53.1 Å². The highest BCUT2D eigenvalue weighted by atomic mass is 35.5. The molecule has 34 heavy (non-hydrogen) atoms. The molecule has 2 unspecified atom stereocenters. The van der Waals surface area contributed by atoms with E-state index in [1.165, 1.54) is 4.31 Å². The second-order valence-corrected chi connectivity index (χ2v) is 11.9. The van der Waals surface area contributed by atoms with E-state index in [0.29, 0.717) is 56.3 Å². The normalized spacial score (nSPS) is 29.1. The van der Waals surface area contributed by atoms with Crippen LogP contribution >= 0.6 is 11.6 Å². The Morgan fingerprint density at radius 2 is 1.88 bits per heavy atom. The zero-order chi connectivity index (χ0) is 24.1. The number of anilines is 1. The molecule has 5 rings (SSSR count). The smallest absolute Gasteiger partial charge is 0.314 e. The van der Waals surface area contributed by atoms with E-state index >= 15 is 0 Å². The van der Waals surface area contributed by atoms with Crippen LogP contribution in [0.4, 0.5) is 5.69 Å². The number of carbonyl (C=O) groups is 2. The first kappa shape index (κ1) is 23.4. The van der Waals surface area contributed by atoms with Crippen LogP contribution in [0.1, 0.15) is 23.7 Å². The Bertz CT molecular complexity index is 1180. The molecule has 3 atom stereocenters. The van der Waals surface area contributed by atoms with Gasteiger partial charge in [0.1, 0.15) is 5.60 Å². The van der Waals surface area contributed by atoms with Gasteiger partial charge in [-0.1, -0.05) is 35.9 Å². The summed E-state index contributed by atoms with van der Waals surface area (Å²) in [6.07, 6.45) is 8.28. The molecule has 0 saturated carbocycles. The molecule has 3 fully saturated rings. The minimum atomic E-state index is -3.19. The maximum absolute atomic E-state index is 13.3. The topological polar surface area (TPSA) is 87.2 Å². The fourth-order valence-corrected chi connectivity index (χ4v) is 6.80. The number of allylic oxidation sites excluding steroid dienone is 2. The largest absolute Gasteiger partial charge is 0.456 e. The van der Waals surface area contributed by atoms with Gasteiger partial charge in [0.25, 0.3) is 5.91 Å². The van der Waals surface area contributed by atoms with Gasteiger partial charge in [0.2, 0.25) is 10.0 Å². The van der Waals surface area contributed by atoms with E-state index in [-0.39, 0.29) is 29.5 Å². The van der Waals surface area contributed by atoms with E-state index < -0.39 is 15.6 Å². The first-order valence-corrected chi connectivity index (χ1v) is 13.6. The van der Waals surface area contributed by atoms with Crippen LogP contribution in [0.5, 0.6) is 0 Å². The molecule has 0 aromatic heterocycles. The average Bonchev–Trinajstić information content (AvgIpc) is 3.40. The van der Waals surface area contributed by atoms with E-state index in [2.05, 4.69) is 4.90 Å². The van der Waals surface area contributed by atoms with Crippen LogP contribution < -0.4 is 4.90 Å². The molecule has 4 aliphatic rings. The molecule has 0 N–H and O–H groups in total. The van der Waals surface area contributed by atoms with Gasteiger partial charge in [-0.3, -0.25) is 9.59 Å². The summed E-state index contributed by atoms with van der Waals surface area (Å²) in [5.74, 6) is -0.649. The average molecular weight is 506 g/mol. The molecule has 1 spiro atoms. The van der Waals surface area contributed by atoms with Crippen LogP contribution in [0.15, 0.2) is 42.5 Å². The number of hydrogen-bond acceptors (Lipinski definition) is 6. The molecule has 8 nitrogen and oxygen atoms in total. The summed E-state index contributed by atoms with van der Waals surface area (Å²) in [5.41, 5.74) is 0.596. The van der Waals surface area contributed by atoms with E-state index in [1.807, 2.05) is 30.4 Å². The lowest BCUT2D eigenvalue weighted by Gasteiger charge is -2.35. The molecule has 1 aliphatic carbocycles. The summed E-state index contributed by atoms with van der Waals surface area (Å²) in [6.45, 7) is 4.48. The summed E-state index contributed by atoms with van der Waals surface area (Å²) in [7, 11) is -3.19. The van der Waals surface area contributed by atoms with Gasteiger partial charge in [-0.05, 0) is 25.1 Å². The van der Waals surface area contributed by atoms with Gasteiger partial charge < -0.3 is 14.5 Å². The molecule has 3 aliphatic heterocycles. The Morgan fingerprint density at radius 3 is 2.59 bits per heavy atom. The molecular weight excluding hydrogens is 478 g/mol. The van der Waals surface area contributed by atoms with Gasteiger partial charge in [-0.25, -0.2) is 8.42 Å². The van der Waals surface area contributed by atoms with Gasteiger partial charge in [-0.15, -0.1) is 0 Å². The van der Waals surface area contributed by atoms with Crippen LogP contribution in [0.25, 0.3) is 0 Å². The Morgan fingerprint density at radius 1 is 1.15 bits per heavy atom. The highest BCUT2D eigenvalue weighted by Gasteiger charge is 2.57. The summed E-state index contributed by atoms with van der Waals surface area (Å²) in [4.78, 5) is 29.5. The Hall–Kier alpha value is -2.36. The number of likely N-dealkylation sites (tertiary alicyclic amines) is 1. The van der Waals surface area contributed by atoms with Crippen LogP contribution in [0, 0.1) is 11.8 Å². The maximum atomic E-state index is 13.3. The zero-order valence-corrected chi connectivity index (χ0v) is 20.6. The van der Waals surface area contributed by atoms with Crippen LogP contribution in [-0.4, -0.2) is 80.1 Å². The molecule has 10 heteroatoms. The first-order chi connectivity index (χ1) is 16.2. The number of nitrogens with zero attached hydrogens (tertiary/aromatic N) is 3. The van der Waals surface area contributed by atoms with Gasteiger partial charge in [-0.2, -0.15) is 4.31 Å². The molecule has 182 valence electrons. The van der Waals surface area contributed by atoms with Crippen molar-refractivity contribution in [2.45, 2.75) is 18.9 Å². The standard InChI is InChI=1S/C24H28ClN3O5S/c1-2-34(31,32)28-13-11-26(12-14-28)17-7-8-19(21(25)15-17)22(29)27-10-9-24(16-27)20-6-4-3-5-18(20)23(30)33-24/h3-8,15,18,20H,2,9-14,16H2,1H3/t18?,20?,24-/m0/s1. The van der Waals surface area contributed by atoms with E-state index in [1.54, 1.807) is 24.0 Å². The van der Waals surface area contributed by atoms with Crippen LogP contribution in [-0.2, 0) is 19.6 Å². The Kier molecular flexibility index (Phi) is 5.98. The number of hydrogen-bond donors (Lipinski definition) is 0. The molecule has 1 aromatic rings. The van der Waals surface area contributed by atoms with Crippen molar-refractivity contribution in [1.82, 2.24) is 9.21 Å². The lowest BCUT2D eigenvalue weighted by molar-refractivity contribution is -0.149. The lowest BCUT2D eigenvalue weighted by atomic mass is 9.78. The van der Waals surface area contributed by atoms with E-state index in [0.717, 1.165) is 5.69 Å². The van der Waals surface area contributed by atoms with Crippen molar-refractivity contribution in [3.63, 3.8) is 0 Å². The predicted molar refractivity (Wildman–Crippen MR) is 129 cm³/mol. The summed E-state index contributed by atoms with van der Waals surface area (Å²) >= 11 is 6.54. The minimum absolute atomic E-state index is 0.0594. The lowest BCUT2D eigenvalue weighted by Crippen LogP contribution is -2.49. The number of halogens is 1. The number of amides is 1. The predicted octanol–water partition coefficient (Wildman–Crippen LogP) is 2.31. The van der Waals surface area contributed by atoms with Crippen molar-refractivity contribution in [1.29, 1.82) is 0 Å². The van der Waals surface area contributed by atoms with Crippen molar-refractivity contribution < 1.29 is 22.7 Å². The number of fused-ring (bicyclic) bond motifs is 2. The SMILES string of the molecule is CCS(=O)(=O)N1CCN(c2ccc(C(=O)N3CC[C@@]4(C3)OC(=O)C3C=CC=CC34)c(Cl)c2)CC1. The quantitative estimate of drug-likeness (QED) is 0.584. The van der Waals surface area contributed by atoms with Gasteiger partial charge in [0, 0.05) is 50.7 Å². The molecule has 1 aromatic carbocycles. The second kappa shape index (κ2) is 8.70. The summed E-state index contributed by atoms with van der Waals surface area (Å²) in [5, 5.41) is 0.355. The fraction of sp³-hybridized carbons (Fsp3) is 0.500. The van der Waals surface area contributed by atoms with Gasteiger partial charge in [0.05, 0.1) is 28.8 Å². The van der Waals surface area contributed by atoms with Crippen LogP contribution in [0.3, 0.4) is 0 Å². The zero-order valence-electron chi connectivity index (χ0n) is 19.0. The van der Waals surface area contributed by atoms with Crippen molar-refractivity contribution in [3.8, 4) is 0 Å². The number of sulfonamides is 1. The Labute approximate surface area is 204 Å². The first-order valence-electron chi connectivity index (χ1n) is 11.6. The molecule has 0 bridgehead atoms. The third kappa shape index (κ3) is 3.93. The summed E-state index contributed by atoms with van der Waals surface area (Å²) in [6, 6.07) is 5.35. The number of esters is 1. The second-order valence-electron chi connectivity index (χ2n) is 9.23. The molecular formula is C24H28ClN3O5S. The summed E-state index contributed by atoms with van der Waals surface area (Å²) < 4.78 is 31.5. The van der Waals surface area contributed by atoms with Crippen molar-refractivity contribution in [2.75, 3.05) is 49.9 Å². The maximum Gasteiger partial charge on any atom is 0.314 e. The molecule has 1 amide bonds. The number of carbonyl (C=O) groups excluding carboxylic acids is 2. The minimum Gasteiger partial charge on any atom is -0.456 e. The van der Waals surface area contributed by atoms with Crippen molar-refractivity contribution in [2.24, 2.45) is 11.8 Å². The van der Waals surface area contributed by atoms with Crippen LogP contribution in [0.2, 0.25) is 5.02 Å². The van der Waals surface area contributed by atoms with Gasteiger partial charge in [0.15, 0.2) is 0 Å². The molecule has 3 saturated heterocycles.